The minimum atomic E-state index is -3.27. The topological polar surface area (TPSA) is 85.9 Å². The molecule has 0 amide bonds. The van der Waals surface area contributed by atoms with E-state index in [-0.39, 0.29) is 0 Å². The first-order chi connectivity index (χ1) is 12.9. The van der Waals surface area contributed by atoms with Gasteiger partial charge in [-0.3, -0.25) is 0 Å². The first-order valence-corrected chi connectivity index (χ1v) is 11.4. The van der Waals surface area contributed by atoms with Crippen LogP contribution in [0.3, 0.4) is 0 Å². The van der Waals surface area contributed by atoms with E-state index in [1.165, 1.54) is 32.1 Å². The predicted molar refractivity (Wildman–Crippen MR) is 109 cm³/mol. The molecule has 1 aromatic heterocycles. The summed E-state index contributed by atoms with van der Waals surface area (Å²) in [6.07, 6.45) is 10.2. The van der Waals surface area contributed by atoms with Gasteiger partial charge in [0.1, 0.15) is 5.82 Å². The van der Waals surface area contributed by atoms with Crippen LogP contribution in [0.25, 0.3) is 11.3 Å². The number of hydrogen-bond acceptors (Lipinski definition) is 5. The molecule has 2 N–H and O–H groups in total. The molecule has 1 aliphatic carbocycles. The molecule has 0 aliphatic heterocycles. The van der Waals surface area contributed by atoms with Gasteiger partial charge in [0, 0.05) is 5.56 Å². The van der Waals surface area contributed by atoms with Gasteiger partial charge in [0.2, 0.25) is 0 Å². The van der Waals surface area contributed by atoms with E-state index in [2.05, 4.69) is 4.98 Å². The van der Waals surface area contributed by atoms with Crippen LogP contribution < -0.4 is 5.73 Å². The molecular formula is C21H29N3O2S. The first kappa shape index (κ1) is 19.8. The molecule has 0 radical (unpaired) electrons. The van der Waals surface area contributed by atoms with Gasteiger partial charge in [-0.1, -0.05) is 44.2 Å². The van der Waals surface area contributed by atoms with Crippen molar-refractivity contribution in [3.63, 3.8) is 0 Å². The fraction of sp³-hybridized carbons (Fsp3) is 0.524. The summed E-state index contributed by atoms with van der Waals surface area (Å²) in [4.78, 5) is 9.37. The monoisotopic (exact) mass is 387 g/mol. The average Bonchev–Trinajstić information content (AvgIpc) is 2.68. The third-order valence-electron chi connectivity index (χ3n) is 5.49. The summed E-state index contributed by atoms with van der Waals surface area (Å²) in [5.41, 5.74) is 8.47. The fourth-order valence-electron chi connectivity index (χ4n) is 3.66. The Morgan fingerprint density at radius 1 is 1.11 bits per heavy atom. The van der Waals surface area contributed by atoms with E-state index in [1.807, 2.05) is 0 Å². The lowest BCUT2D eigenvalue weighted by Crippen LogP contribution is -2.13. The van der Waals surface area contributed by atoms with Crippen LogP contribution in [-0.4, -0.2) is 23.6 Å². The van der Waals surface area contributed by atoms with Crippen molar-refractivity contribution in [1.82, 2.24) is 9.97 Å². The summed E-state index contributed by atoms with van der Waals surface area (Å²) in [5.74, 6) is 1.26. The van der Waals surface area contributed by atoms with Gasteiger partial charge in [-0.2, -0.15) is 0 Å². The van der Waals surface area contributed by atoms with Crippen molar-refractivity contribution in [2.45, 2.75) is 68.9 Å². The largest absolute Gasteiger partial charge is 0.382 e. The lowest BCUT2D eigenvalue weighted by Gasteiger charge is -2.21. The number of anilines is 1. The lowest BCUT2D eigenvalue weighted by molar-refractivity contribution is 0.338. The second-order valence-corrected chi connectivity index (χ2v) is 10.3. The SMILES string of the molecule is CC(C)S(=O)(=O)c1ccc(-c2cnc(N)c(CCC3CCCCC3)n2)cc1. The van der Waals surface area contributed by atoms with E-state index in [9.17, 15) is 8.42 Å². The Morgan fingerprint density at radius 2 is 1.78 bits per heavy atom. The standard InChI is InChI=1S/C21H29N3O2S/c1-15(2)27(25,26)18-11-9-17(10-12-18)20-14-23-21(22)19(24-20)13-8-16-6-4-3-5-7-16/h9-12,14-16H,3-8,13H2,1-2H3,(H2,22,23). The van der Waals surface area contributed by atoms with Crippen molar-refractivity contribution < 1.29 is 8.42 Å². The average molecular weight is 388 g/mol. The zero-order chi connectivity index (χ0) is 19.4. The molecule has 3 rings (SSSR count). The third kappa shape index (κ3) is 4.67. The molecule has 146 valence electrons. The summed E-state index contributed by atoms with van der Waals surface area (Å²) in [6.45, 7) is 3.38. The molecule has 1 heterocycles. The van der Waals surface area contributed by atoms with E-state index in [0.29, 0.717) is 10.7 Å². The molecule has 0 atom stereocenters. The molecule has 0 bridgehead atoms. The van der Waals surface area contributed by atoms with Gasteiger partial charge < -0.3 is 5.73 Å². The summed E-state index contributed by atoms with van der Waals surface area (Å²) < 4.78 is 24.5. The molecule has 1 aliphatic rings. The Hall–Kier alpha value is -1.95. The zero-order valence-electron chi connectivity index (χ0n) is 16.2. The molecule has 27 heavy (non-hydrogen) atoms. The van der Waals surface area contributed by atoms with Crippen LogP contribution in [0.4, 0.5) is 5.82 Å². The molecule has 1 aromatic carbocycles. The van der Waals surface area contributed by atoms with E-state index in [4.69, 9.17) is 10.7 Å². The van der Waals surface area contributed by atoms with E-state index in [1.54, 1.807) is 44.3 Å². The number of nitrogens with zero attached hydrogens (tertiary/aromatic N) is 2. The maximum absolute atomic E-state index is 12.3. The molecule has 2 aromatic rings. The predicted octanol–water partition coefficient (Wildman–Crippen LogP) is 4.42. The number of nitrogen functional groups attached to an aromatic ring is 1. The second-order valence-electron chi connectivity index (χ2n) is 7.75. The molecule has 5 nitrogen and oxygen atoms in total. The minimum absolute atomic E-state index is 0.335. The first-order valence-electron chi connectivity index (χ1n) is 9.83. The van der Waals surface area contributed by atoms with Gasteiger partial charge in [-0.05, 0) is 44.7 Å². The zero-order valence-corrected chi connectivity index (χ0v) is 17.0. The Labute approximate surface area is 162 Å². The number of sulfone groups is 1. The number of aryl methyl sites for hydroxylation is 1. The molecule has 1 saturated carbocycles. The van der Waals surface area contributed by atoms with Crippen LogP contribution in [0.5, 0.6) is 0 Å². The van der Waals surface area contributed by atoms with E-state index < -0.39 is 15.1 Å². The quantitative estimate of drug-likeness (QED) is 0.793. The fourth-order valence-corrected chi connectivity index (χ4v) is 4.72. The van der Waals surface area contributed by atoms with Crippen molar-refractivity contribution in [1.29, 1.82) is 0 Å². The summed E-state index contributed by atoms with van der Waals surface area (Å²) in [6, 6.07) is 6.87. The number of benzene rings is 1. The smallest absolute Gasteiger partial charge is 0.180 e. The number of rotatable bonds is 6. The van der Waals surface area contributed by atoms with Crippen LogP contribution in [0.1, 0.15) is 58.1 Å². The highest BCUT2D eigenvalue weighted by Gasteiger charge is 2.19. The van der Waals surface area contributed by atoms with Gasteiger partial charge in [0.25, 0.3) is 0 Å². The van der Waals surface area contributed by atoms with Crippen LogP contribution in [-0.2, 0) is 16.3 Å². The molecule has 0 unspecified atom stereocenters. The molecule has 1 fully saturated rings. The summed E-state index contributed by atoms with van der Waals surface area (Å²) >= 11 is 0. The van der Waals surface area contributed by atoms with Crippen molar-refractivity contribution in [3.05, 3.63) is 36.2 Å². The van der Waals surface area contributed by atoms with Crippen LogP contribution in [0.2, 0.25) is 0 Å². The highest BCUT2D eigenvalue weighted by Crippen LogP contribution is 2.28. The normalized spacial score (nSPS) is 16.0. The summed E-state index contributed by atoms with van der Waals surface area (Å²) in [7, 11) is -3.27. The molecular weight excluding hydrogens is 358 g/mol. The maximum Gasteiger partial charge on any atom is 0.180 e. The van der Waals surface area contributed by atoms with Gasteiger partial charge in [-0.15, -0.1) is 0 Å². The second kappa shape index (κ2) is 8.38. The number of aromatic nitrogens is 2. The Bertz CT molecular complexity index is 871. The van der Waals surface area contributed by atoms with Crippen molar-refractivity contribution in [3.8, 4) is 11.3 Å². The van der Waals surface area contributed by atoms with Gasteiger partial charge in [0.05, 0.1) is 27.7 Å². The van der Waals surface area contributed by atoms with Gasteiger partial charge >= 0.3 is 0 Å². The highest BCUT2D eigenvalue weighted by atomic mass is 32.2. The Morgan fingerprint density at radius 3 is 2.41 bits per heavy atom. The lowest BCUT2D eigenvalue weighted by atomic mass is 9.86. The van der Waals surface area contributed by atoms with Crippen LogP contribution >= 0.6 is 0 Å². The Kier molecular flexibility index (Phi) is 6.15. The summed E-state index contributed by atoms with van der Waals surface area (Å²) in [5, 5.41) is -0.439. The van der Waals surface area contributed by atoms with Crippen molar-refractivity contribution in [2.24, 2.45) is 5.92 Å². The third-order valence-corrected chi connectivity index (χ3v) is 7.66. The minimum Gasteiger partial charge on any atom is -0.382 e. The van der Waals surface area contributed by atoms with Crippen molar-refractivity contribution >= 4 is 15.7 Å². The number of nitrogens with two attached hydrogens (primary N) is 1. The van der Waals surface area contributed by atoms with Gasteiger partial charge in [0.15, 0.2) is 9.84 Å². The number of hydrogen-bond donors (Lipinski definition) is 1. The van der Waals surface area contributed by atoms with Crippen molar-refractivity contribution in [2.75, 3.05) is 5.73 Å². The molecule has 0 saturated heterocycles. The Balaban J connectivity index is 1.77. The van der Waals surface area contributed by atoms with Crippen LogP contribution in [0, 0.1) is 5.92 Å². The van der Waals surface area contributed by atoms with E-state index in [0.717, 1.165) is 35.7 Å². The highest BCUT2D eigenvalue weighted by molar-refractivity contribution is 7.92. The van der Waals surface area contributed by atoms with Gasteiger partial charge in [-0.25, -0.2) is 18.4 Å². The van der Waals surface area contributed by atoms with E-state index >= 15 is 0 Å². The van der Waals surface area contributed by atoms with Crippen LogP contribution in [0.15, 0.2) is 35.4 Å². The maximum atomic E-state index is 12.3. The molecule has 6 heteroatoms. The molecule has 0 spiro atoms.